The van der Waals surface area contributed by atoms with Gasteiger partial charge >= 0.3 is 0 Å². The third-order valence-electron chi connectivity index (χ3n) is 12.8. The number of aromatic nitrogens is 4. The summed E-state index contributed by atoms with van der Waals surface area (Å²) in [4.78, 5) is 65.3. The summed E-state index contributed by atoms with van der Waals surface area (Å²) in [5, 5.41) is 7.01. The van der Waals surface area contributed by atoms with E-state index >= 15 is 8.78 Å². The van der Waals surface area contributed by atoms with Crippen LogP contribution in [0.15, 0.2) is 67.1 Å². The minimum atomic E-state index is -0.615. The number of carbonyl (C=O) groups excluding carboxylic acids is 4. The van der Waals surface area contributed by atoms with E-state index in [1.165, 1.54) is 12.1 Å². The maximum atomic E-state index is 15.4. The number of nitrogens with one attached hydrogen (secondary N) is 1. The quantitative estimate of drug-likeness (QED) is 0.105. The van der Waals surface area contributed by atoms with E-state index in [2.05, 4.69) is 15.4 Å². The minimum Gasteiger partial charge on any atom is -0.379 e. The molecule has 4 aliphatic heterocycles. The number of carbonyl (C=O) groups is 4. The molecule has 15 heteroatoms. The van der Waals surface area contributed by atoms with E-state index in [-0.39, 0.29) is 42.3 Å². The molecule has 322 valence electrons. The number of aryl methyl sites for hydroxylation is 1. The Kier molecular flexibility index (Phi) is 12.2. The van der Waals surface area contributed by atoms with Crippen molar-refractivity contribution in [2.45, 2.75) is 89.4 Å². The predicted octanol–water partition coefficient (Wildman–Crippen LogP) is 6.39. The fourth-order valence-electron chi connectivity index (χ4n) is 9.22. The van der Waals surface area contributed by atoms with Gasteiger partial charge in [-0.2, -0.15) is 5.10 Å². The Balaban J connectivity index is 0.735. The van der Waals surface area contributed by atoms with Crippen LogP contribution in [-0.2, 0) is 38.6 Å². The first-order valence-electron chi connectivity index (χ1n) is 21.8. The normalized spacial score (nSPS) is 18.7. The van der Waals surface area contributed by atoms with Crippen LogP contribution in [0.1, 0.15) is 90.9 Å². The lowest BCUT2D eigenvalue weighted by Gasteiger charge is -2.32. The van der Waals surface area contributed by atoms with Crippen LogP contribution in [0.3, 0.4) is 0 Å². The summed E-state index contributed by atoms with van der Waals surface area (Å²) >= 11 is 0. The van der Waals surface area contributed by atoms with E-state index in [1.807, 2.05) is 51.0 Å². The van der Waals surface area contributed by atoms with E-state index in [9.17, 15) is 19.2 Å². The molecule has 9 rings (SSSR count). The number of fused-ring (bicyclic) bond motifs is 2. The average molecular weight is 845 g/mol. The number of benzene rings is 3. The van der Waals surface area contributed by atoms with Crippen LogP contribution in [0.2, 0.25) is 0 Å². The van der Waals surface area contributed by atoms with Crippen molar-refractivity contribution in [3.8, 4) is 22.4 Å². The lowest BCUT2D eigenvalue weighted by Crippen LogP contribution is -2.52. The van der Waals surface area contributed by atoms with Crippen LogP contribution in [-0.4, -0.2) is 104 Å². The summed E-state index contributed by atoms with van der Waals surface area (Å²) in [5.74, 6) is -1.86. The molecule has 1 unspecified atom stereocenters. The molecule has 62 heavy (non-hydrogen) atoms. The van der Waals surface area contributed by atoms with Gasteiger partial charge in [-0.05, 0) is 79.5 Å². The second kappa shape index (κ2) is 18.2. The zero-order chi connectivity index (χ0) is 42.7. The van der Waals surface area contributed by atoms with Crippen molar-refractivity contribution in [1.82, 2.24) is 39.8 Å². The number of unbranched alkanes of at least 4 members (excludes halogenated alkanes) is 3. The van der Waals surface area contributed by atoms with Crippen molar-refractivity contribution >= 4 is 34.7 Å². The van der Waals surface area contributed by atoms with Gasteiger partial charge in [0.15, 0.2) is 0 Å². The number of ether oxygens (including phenoxy) is 1. The number of hydrogen-bond acceptors (Lipinski definition) is 9. The third-order valence-corrected chi connectivity index (χ3v) is 12.8. The largest absolute Gasteiger partial charge is 0.379 e. The van der Waals surface area contributed by atoms with Gasteiger partial charge in [-0.15, -0.1) is 0 Å². The summed E-state index contributed by atoms with van der Waals surface area (Å²) in [7, 11) is 0. The van der Waals surface area contributed by atoms with Crippen molar-refractivity contribution < 1.29 is 32.7 Å². The number of nitrogens with zero attached hydrogens (tertiary/aromatic N) is 7. The molecule has 0 bridgehead atoms. The number of para-hydroxylation sites is 1. The number of hydrogen-bond donors (Lipinski definition) is 1. The number of likely N-dealkylation sites (tertiary alicyclic amines) is 1. The molecule has 2 aromatic heterocycles. The second-order valence-electron chi connectivity index (χ2n) is 16.9. The van der Waals surface area contributed by atoms with Crippen LogP contribution in [0.4, 0.5) is 8.78 Å². The molecule has 5 aromatic rings. The van der Waals surface area contributed by atoms with Crippen LogP contribution in [0.5, 0.6) is 0 Å². The van der Waals surface area contributed by atoms with Gasteiger partial charge in [-0.1, -0.05) is 37.1 Å². The van der Waals surface area contributed by atoms with E-state index < -0.39 is 23.6 Å². The Labute approximate surface area is 358 Å². The molecule has 1 atom stereocenters. The molecule has 13 nitrogen and oxygen atoms in total. The van der Waals surface area contributed by atoms with Crippen LogP contribution < -0.4 is 5.32 Å². The zero-order valence-electron chi connectivity index (χ0n) is 34.7. The number of halogens is 2. The first-order chi connectivity index (χ1) is 30.2. The van der Waals surface area contributed by atoms with Crippen molar-refractivity contribution in [3.63, 3.8) is 0 Å². The summed E-state index contributed by atoms with van der Waals surface area (Å²) in [6.07, 6.45) is 12.6. The fraction of sp³-hybridized carbons (Fsp3) is 0.426. The first-order valence-corrected chi connectivity index (χ1v) is 21.8. The number of rotatable bonds is 13. The summed E-state index contributed by atoms with van der Waals surface area (Å²) in [6, 6.07) is 13.7. The van der Waals surface area contributed by atoms with Gasteiger partial charge in [-0.25, -0.2) is 13.8 Å². The third kappa shape index (κ3) is 8.86. The van der Waals surface area contributed by atoms with E-state index in [4.69, 9.17) is 9.72 Å². The summed E-state index contributed by atoms with van der Waals surface area (Å²) in [6.45, 7) is 4.24. The van der Waals surface area contributed by atoms with E-state index in [1.54, 1.807) is 23.4 Å². The van der Waals surface area contributed by atoms with Crippen LogP contribution in [0, 0.1) is 11.6 Å². The lowest BCUT2D eigenvalue weighted by molar-refractivity contribution is -0.137. The highest BCUT2D eigenvalue weighted by Crippen LogP contribution is 2.33. The maximum Gasteiger partial charge on any atom is 0.255 e. The SMILES string of the molecule is O=C1CCC(N2Cc3ccc(CCCCCCC(=O)N4CCC(n5cc(-c6cnc7cccc(-c8cc(F)c(CN9CCOCC9)c(F)c8)c7n6)cn5)CC4)cc3C2=O)C(=O)N1. The molecule has 0 aliphatic carbocycles. The Hall–Kier alpha value is -5.93. The molecule has 6 heterocycles. The van der Waals surface area contributed by atoms with Crippen molar-refractivity contribution in [2.75, 3.05) is 39.4 Å². The highest BCUT2D eigenvalue weighted by Gasteiger charge is 2.39. The summed E-state index contributed by atoms with van der Waals surface area (Å²) in [5.41, 5.74) is 6.21. The van der Waals surface area contributed by atoms with Gasteiger partial charge in [0.25, 0.3) is 5.91 Å². The number of amides is 4. The average Bonchev–Trinajstić information content (AvgIpc) is 3.91. The highest BCUT2D eigenvalue weighted by molar-refractivity contribution is 6.05. The molecule has 3 saturated heterocycles. The number of piperidine rings is 2. The molecule has 0 spiro atoms. The number of morpholine rings is 1. The molecule has 4 amide bonds. The standard InChI is InChI=1S/C47H50F2N8O5/c48-38-23-32(24-39(49)37(38)29-54-18-20-62-21-19-54)35-7-5-8-40-45(35)52-41(26-50-40)33-25-51-57(28-33)34-14-16-55(17-15-34)44(59)9-4-2-1-3-6-30-10-11-31-27-56(47(61)36(31)22-30)42-12-13-43(58)53-46(42)60/h5,7-8,10-11,22-26,28,34,42H,1-4,6,9,12-21,27,29H2,(H,53,58,60). The monoisotopic (exact) mass is 844 g/mol. The maximum absolute atomic E-state index is 15.4. The molecule has 0 radical (unpaired) electrons. The van der Waals surface area contributed by atoms with Gasteiger partial charge < -0.3 is 14.5 Å². The smallest absolute Gasteiger partial charge is 0.255 e. The van der Waals surface area contributed by atoms with Crippen molar-refractivity contribution in [3.05, 3.63) is 101 Å². The van der Waals surface area contributed by atoms with E-state index in [0.717, 1.165) is 61.6 Å². The Morgan fingerprint density at radius 2 is 1.65 bits per heavy atom. The second-order valence-corrected chi connectivity index (χ2v) is 16.9. The van der Waals surface area contributed by atoms with Gasteiger partial charge in [0.05, 0.1) is 48.4 Å². The van der Waals surface area contributed by atoms with Gasteiger partial charge in [0.2, 0.25) is 17.7 Å². The summed E-state index contributed by atoms with van der Waals surface area (Å²) < 4.78 is 38.1. The van der Waals surface area contributed by atoms with Gasteiger partial charge in [-0.3, -0.25) is 39.1 Å². The Bertz CT molecular complexity index is 2490. The molecular formula is C47H50F2N8O5. The Morgan fingerprint density at radius 3 is 2.44 bits per heavy atom. The predicted molar refractivity (Wildman–Crippen MR) is 226 cm³/mol. The van der Waals surface area contributed by atoms with Crippen LogP contribution >= 0.6 is 0 Å². The molecule has 4 aliphatic rings. The zero-order valence-corrected chi connectivity index (χ0v) is 34.7. The van der Waals surface area contributed by atoms with Crippen LogP contribution in [0.25, 0.3) is 33.4 Å². The van der Waals surface area contributed by atoms with Crippen molar-refractivity contribution in [1.29, 1.82) is 0 Å². The highest BCUT2D eigenvalue weighted by atomic mass is 19.1. The Morgan fingerprint density at radius 1 is 0.855 bits per heavy atom. The molecule has 3 fully saturated rings. The fourth-order valence-corrected chi connectivity index (χ4v) is 9.22. The lowest BCUT2D eigenvalue weighted by atomic mass is 10.0. The van der Waals surface area contributed by atoms with Crippen molar-refractivity contribution in [2.24, 2.45) is 0 Å². The number of imide groups is 1. The van der Waals surface area contributed by atoms with E-state index in [0.29, 0.717) is 92.2 Å². The topological polar surface area (TPSA) is 143 Å². The van der Waals surface area contributed by atoms with Gasteiger partial charge in [0, 0.05) is 80.6 Å². The molecule has 0 saturated carbocycles. The van der Waals surface area contributed by atoms with Gasteiger partial charge in [0.1, 0.15) is 17.7 Å². The molecule has 1 N–H and O–H groups in total. The minimum absolute atomic E-state index is 0.0474. The molecule has 3 aromatic carbocycles. The first kappa shape index (κ1) is 41.4. The molecular weight excluding hydrogens is 795 g/mol.